The largest absolute Gasteiger partial charge is 0.398 e. The summed E-state index contributed by atoms with van der Waals surface area (Å²) < 4.78 is 44.4. The second-order valence-electron chi connectivity index (χ2n) is 3.93. The Morgan fingerprint density at radius 1 is 1.25 bits per heavy atom. The fraction of sp³-hybridized carbons (Fsp3) is 0. The van der Waals surface area contributed by atoms with E-state index in [-0.39, 0.29) is 22.1 Å². The lowest BCUT2D eigenvalue weighted by Crippen LogP contribution is -2.03. The summed E-state index contributed by atoms with van der Waals surface area (Å²) in [6.07, 6.45) is 0. The Balaban J connectivity index is 2.64. The summed E-state index contributed by atoms with van der Waals surface area (Å²) >= 11 is 5.78. The Hall–Kier alpha value is -1.90. The topological polar surface area (TPSA) is 119 Å². The van der Waals surface area contributed by atoms with Crippen LogP contribution < -0.4 is 11.5 Å². The Morgan fingerprint density at radius 3 is 2.45 bits per heavy atom. The molecule has 0 aliphatic carbocycles. The van der Waals surface area contributed by atoms with E-state index in [2.05, 4.69) is 4.98 Å². The average Bonchev–Trinajstić information content (AvgIpc) is 2.32. The van der Waals surface area contributed by atoms with Crippen LogP contribution >= 0.6 is 11.6 Å². The number of hydrogen-bond donors (Lipinski definition) is 3. The van der Waals surface area contributed by atoms with Crippen LogP contribution in [0.4, 0.5) is 15.9 Å². The van der Waals surface area contributed by atoms with Gasteiger partial charge in [-0.1, -0.05) is 17.7 Å². The number of pyridine rings is 1. The van der Waals surface area contributed by atoms with Crippen LogP contribution in [0.15, 0.2) is 29.2 Å². The summed E-state index contributed by atoms with van der Waals surface area (Å²) in [6, 6.07) is 4.97. The van der Waals surface area contributed by atoms with Crippen LogP contribution in [0, 0.1) is 5.95 Å². The van der Waals surface area contributed by atoms with E-state index in [4.69, 9.17) is 27.6 Å². The molecule has 0 saturated carbocycles. The minimum atomic E-state index is -4.43. The molecule has 106 valence electrons. The molecule has 0 radical (unpaired) electrons. The molecule has 0 aliphatic heterocycles. The van der Waals surface area contributed by atoms with Gasteiger partial charge in [-0.2, -0.15) is 12.8 Å². The second kappa shape index (κ2) is 4.89. The van der Waals surface area contributed by atoms with Crippen molar-refractivity contribution in [1.29, 1.82) is 0 Å². The van der Waals surface area contributed by atoms with Crippen LogP contribution in [0.3, 0.4) is 0 Å². The number of rotatable bonds is 2. The van der Waals surface area contributed by atoms with Gasteiger partial charge in [0.1, 0.15) is 15.7 Å². The fourth-order valence-corrected chi connectivity index (χ4v) is 2.48. The molecular formula is C11H9ClFN3O3S. The van der Waals surface area contributed by atoms with Crippen molar-refractivity contribution < 1.29 is 17.4 Å². The second-order valence-corrected chi connectivity index (χ2v) is 5.70. The van der Waals surface area contributed by atoms with Crippen molar-refractivity contribution in [2.75, 3.05) is 11.5 Å². The molecule has 1 aromatic carbocycles. The van der Waals surface area contributed by atoms with Gasteiger partial charge in [-0.25, -0.2) is 4.98 Å². The molecule has 0 fully saturated rings. The van der Waals surface area contributed by atoms with E-state index < -0.39 is 21.0 Å². The van der Waals surface area contributed by atoms with Gasteiger partial charge in [0.05, 0.1) is 5.69 Å². The van der Waals surface area contributed by atoms with Gasteiger partial charge in [0, 0.05) is 5.56 Å². The summed E-state index contributed by atoms with van der Waals surface area (Å²) in [5.41, 5.74) is 11.3. The molecule has 0 unspecified atom stereocenters. The third kappa shape index (κ3) is 2.67. The van der Waals surface area contributed by atoms with Crippen LogP contribution in [-0.2, 0) is 10.1 Å². The normalized spacial score (nSPS) is 11.6. The van der Waals surface area contributed by atoms with E-state index in [1.54, 1.807) is 0 Å². The minimum absolute atomic E-state index is 0.0840. The molecule has 0 bridgehead atoms. The van der Waals surface area contributed by atoms with Gasteiger partial charge in [0.2, 0.25) is 5.95 Å². The SMILES string of the molecule is Nc1cc(-c2ccc(S(=O)(=O)O)c(N)c2)c(Cl)c(F)n1. The molecule has 0 atom stereocenters. The lowest BCUT2D eigenvalue weighted by molar-refractivity contribution is 0.483. The molecule has 5 N–H and O–H groups in total. The van der Waals surface area contributed by atoms with Crippen molar-refractivity contribution in [2.45, 2.75) is 4.90 Å². The molecule has 2 rings (SSSR count). The molecule has 1 aromatic heterocycles. The highest BCUT2D eigenvalue weighted by Gasteiger charge is 2.17. The van der Waals surface area contributed by atoms with Gasteiger partial charge in [0.15, 0.2) is 0 Å². The summed E-state index contributed by atoms with van der Waals surface area (Å²) in [6.45, 7) is 0. The van der Waals surface area contributed by atoms with Crippen LogP contribution in [0.1, 0.15) is 0 Å². The predicted octanol–water partition coefficient (Wildman–Crippen LogP) is 1.95. The van der Waals surface area contributed by atoms with E-state index in [1.165, 1.54) is 18.2 Å². The number of aromatic nitrogens is 1. The standard InChI is InChI=1S/C11H9ClFN3O3S/c12-10-6(4-9(15)16-11(10)13)5-1-2-8(7(14)3-5)20(17,18)19/h1-4H,14H2,(H2,15,16)(H,17,18,19). The van der Waals surface area contributed by atoms with E-state index in [0.717, 1.165) is 6.07 Å². The smallest absolute Gasteiger partial charge is 0.296 e. The van der Waals surface area contributed by atoms with Crippen LogP contribution in [0.25, 0.3) is 11.1 Å². The molecule has 6 nitrogen and oxygen atoms in total. The van der Waals surface area contributed by atoms with Gasteiger partial charge in [0.25, 0.3) is 10.1 Å². The molecule has 20 heavy (non-hydrogen) atoms. The molecule has 9 heteroatoms. The lowest BCUT2D eigenvalue weighted by Gasteiger charge is -2.09. The third-order valence-corrected chi connectivity index (χ3v) is 3.82. The lowest BCUT2D eigenvalue weighted by atomic mass is 10.1. The number of nitrogen functional groups attached to an aromatic ring is 2. The molecular weight excluding hydrogens is 309 g/mol. The highest BCUT2D eigenvalue weighted by atomic mass is 35.5. The van der Waals surface area contributed by atoms with Gasteiger partial charge in [-0.15, -0.1) is 0 Å². The van der Waals surface area contributed by atoms with Gasteiger partial charge in [-0.3, -0.25) is 4.55 Å². The number of halogens is 2. The van der Waals surface area contributed by atoms with Crippen LogP contribution in [-0.4, -0.2) is 18.0 Å². The number of anilines is 2. The van der Waals surface area contributed by atoms with Crippen LogP contribution in [0.5, 0.6) is 0 Å². The summed E-state index contributed by atoms with van der Waals surface area (Å²) in [4.78, 5) is 2.91. The summed E-state index contributed by atoms with van der Waals surface area (Å²) in [5.74, 6) is -1.03. The maximum absolute atomic E-state index is 13.4. The monoisotopic (exact) mass is 317 g/mol. The average molecular weight is 318 g/mol. The first-order valence-electron chi connectivity index (χ1n) is 5.19. The molecule has 2 aromatic rings. The van der Waals surface area contributed by atoms with Crippen molar-refractivity contribution in [2.24, 2.45) is 0 Å². The predicted molar refractivity (Wildman–Crippen MR) is 73.3 cm³/mol. The zero-order valence-electron chi connectivity index (χ0n) is 9.84. The quantitative estimate of drug-likeness (QED) is 0.442. The fourth-order valence-electron chi connectivity index (χ4n) is 1.68. The highest BCUT2D eigenvalue weighted by Crippen LogP contribution is 2.33. The Bertz CT molecular complexity index is 796. The van der Waals surface area contributed by atoms with E-state index in [1.807, 2.05) is 0 Å². The van der Waals surface area contributed by atoms with Gasteiger partial charge in [-0.05, 0) is 23.8 Å². The maximum Gasteiger partial charge on any atom is 0.296 e. The molecule has 0 spiro atoms. The Morgan fingerprint density at radius 2 is 1.90 bits per heavy atom. The third-order valence-electron chi connectivity index (χ3n) is 2.54. The zero-order valence-corrected chi connectivity index (χ0v) is 11.4. The van der Waals surface area contributed by atoms with Gasteiger partial charge >= 0.3 is 0 Å². The molecule has 0 amide bonds. The Labute approximate surface area is 118 Å². The van der Waals surface area contributed by atoms with E-state index >= 15 is 0 Å². The Kier molecular flexibility index (Phi) is 3.55. The summed E-state index contributed by atoms with van der Waals surface area (Å²) in [5, 5.41) is -0.266. The first-order valence-corrected chi connectivity index (χ1v) is 7.01. The first kappa shape index (κ1) is 14.5. The number of nitrogens with zero attached hydrogens (tertiary/aromatic N) is 1. The number of benzene rings is 1. The van der Waals surface area contributed by atoms with Crippen molar-refractivity contribution in [3.05, 3.63) is 35.2 Å². The molecule has 0 aliphatic rings. The maximum atomic E-state index is 13.4. The highest BCUT2D eigenvalue weighted by molar-refractivity contribution is 7.86. The number of hydrogen-bond acceptors (Lipinski definition) is 5. The molecule has 1 heterocycles. The number of nitrogens with two attached hydrogens (primary N) is 2. The summed E-state index contributed by atoms with van der Waals surface area (Å²) in [7, 11) is -4.43. The first-order chi connectivity index (χ1) is 9.20. The van der Waals surface area contributed by atoms with Crippen molar-refractivity contribution in [3.63, 3.8) is 0 Å². The van der Waals surface area contributed by atoms with Gasteiger partial charge < -0.3 is 11.5 Å². The van der Waals surface area contributed by atoms with Crippen molar-refractivity contribution in [1.82, 2.24) is 4.98 Å². The molecule has 0 saturated heterocycles. The van der Waals surface area contributed by atoms with Crippen LogP contribution in [0.2, 0.25) is 5.02 Å². The van der Waals surface area contributed by atoms with Crippen molar-refractivity contribution in [3.8, 4) is 11.1 Å². The van der Waals surface area contributed by atoms with E-state index in [9.17, 15) is 12.8 Å². The minimum Gasteiger partial charge on any atom is -0.398 e. The van der Waals surface area contributed by atoms with Crippen molar-refractivity contribution >= 4 is 33.2 Å². The zero-order chi connectivity index (χ0) is 15.1. The van der Waals surface area contributed by atoms with E-state index in [0.29, 0.717) is 5.56 Å².